The number of hydrogen-bond donors (Lipinski definition) is 2. The predicted octanol–water partition coefficient (Wildman–Crippen LogP) is 2.87. The molecule has 0 spiro atoms. The zero-order valence-corrected chi connectivity index (χ0v) is 11.4. The van der Waals surface area contributed by atoms with Crippen molar-refractivity contribution in [3.8, 4) is 0 Å². The second-order valence-corrected chi connectivity index (χ2v) is 5.15. The van der Waals surface area contributed by atoms with Crippen LogP contribution in [0.15, 0.2) is 18.2 Å². The van der Waals surface area contributed by atoms with E-state index >= 15 is 0 Å². The lowest BCUT2D eigenvalue weighted by Gasteiger charge is -2.22. The molecule has 1 aliphatic heterocycles. The molecule has 3 N–H and O–H groups in total. The van der Waals surface area contributed by atoms with Gasteiger partial charge in [-0.25, -0.2) is 0 Å². The van der Waals surface area contributed by atoms with Crippen LogP contribution in [0, 0.1) is 6.92 Å². The molecule has 2 rings (SSSR count). The second-order valence-electron chi connectivity index (χ2n) is 5.15. The molecule has 19 heavy (non-hydrogen) atoms. The summed E-state index contributed by atoms with van der Waals surface area (Å²) < 4.78 is 5.62. The van der Waals surface area contributed by atoms with E-state index < -0.39 is 0 Å². The van der Waals surface area contributed by atoms with Crippen molar-refractivity contribution < 1.29 is 9.53 Å². The van der Waals surface area contributed by atoms with Crippen molar-refractivity contribution in [2.75, 3.05) is 17.7 Å². The third kappa shape index (κ3) is 4.24. The van der Waals surface area contributed by atoms with Crippen LogP contribution in [0.1, 0.15) is 37.7 Å². The van der Waals surface area contributed by atoms with Gasteiger partial charge in [0, 0.05) is 24.4 Å². The SMILES string of the molecule is Cc1ccc(N)cc1NC(=O)CCC1CCCCO1. The smallest absolute Gasteiger partial charge is 0.224 e. The Balaban J connectivity index is 1.81. The molecule has 1 fully saturated rings. The molecule has 1 amide bonds. The fraction of sp³-hybridized carbons (Fsp3) is 0.533. The fourth-order valence-electron chi connectivity index (χ4n) is 2.31. The fourth-order valence-corrected chi connectivity index (χ4v) is 2.31. The zero-order chi connectivity index (χ0) is 13.7. The lowest BCUT2D eigenvalue weighted by molar-refractivity contribution is -0.117. The van der Waals surface area contributed by atoms with Crippen LogP contribution in [0.2, 0.25) is 0 Å². The van der Waals surface area contributed by atoms with Gasteiger partial charge in [-0.15, -0.1) is 0 Å². The Morgan fingerprint density at radius 1 is 1.47 bits per heavy atom. The van der Waals surface area contributed by atoms with Crippen molar-refractivity contribution in [3.63, 3.8) is 0 Å². The van der Waals surface area contributed by atoms with Crippen LogP contribution in [0.25, 0.3) is 0 Å². The van der Waals surface area contributed by atoms with Gasteiger partial charge in [0.1, 0.15) is 0 Å². The number of carbonyl (C=O) groups excluding carboxylic acids is 1. The number of nitrogens with one attached hydrogen (secondary N) is 1. The topological polar surface area (TPSA) is 64.3 Å². The molecule has 0 aliphatic carbocycles. The van der Waals surface area contributed by atoms with Crippen LogP contribution in [-0.2, 0) is 9.53 Å². The predicted molar refractivity (Wildman–Crippen MR) is 77.0 cm³/mol. The summed E-state index contributed by atoms with van der Waals surface area (Å²) in [5.41, 5.74) is 8.21. The number of hydrogen-bond acceptors (Lipinski definition) is 3. The molecule has 1 saturated heterocycles. The average molecular weight is 262 g/mol. The highest BCUT2D eigenvalue weighted by molar-refractivity contribution is 5.92. The zero-order valence-electron chi connectivity index (χ0n) is 11.4. The number of amides is 1. The van der Waals surface area contributed by atoms with Crippen LogP contribution < -0.4 is 11.1 Å². The summed E-state index contributed by atoms with van der Waals surface area (Å²) in [5.74, 6) is 0.0304. The van der Waals surface area contributed by atoms with Crippen molar-refractivity contribution in [1.29, 1.82) is 0 Å². The summed E-state index contributed by atoms with van der Waals surface area (Å²) in [7, 11) is 0. The maximum atomic E-state index is 11.9. The van der Waals surface area contributed by atoms with Gasteiger partial charge in [0.15, 0.2) is 0 Å². The number of nitrogens with two attached hydrogens (primary N) is 1. The summed E-state index contributed by atoms with van der Waals surface area (Å²) in [6, 6.07) is 5.54. The normalized spacial score (nSPS) is 19.1. The molecular weight excluding hydrogens is 240 g/mol. The van der Waals surface area contributed by atoms with Crippen molar-refractivity contribution in [3.05, 3.63) is 23.8 Å². The van der Waals surface area contributed by atoms with Crippen LogP contribution in [0.3, 0.4) is 0 Å². The van der Waals surface area contributed by atoms with Gasteiger partial charge in [-0.2, -0.15) is 0 Å². The van der Waals surface area contributed by atoms with E-state index in [4.69, 9.17) is 10.5 Å². The number of nitrogen functional groups attached to an aromatic ring is 1. The lowest BCUT2D eigenvalue weighted by Crippen LogP contribution is -2.22. The Morgan fingerprint density at radius 2 is 2.32 bits per heavy atom. The van der Waals surface area contributed by atoms with E-state index in [9.17, 15) is 4.79 Å². The highest BCUT2D eigenvalue weighted by Crippen LogP contribution is 2.20. The van der Waals surface area contributed by atoms with Crippen LogP contribution in [-0.4, -0.2) is 18.6 Å². The third-order valence-electron chi connectivity index (χ3n) is 3.50. The molecule has 0 aromatic heterocycles. The van der Waals surface area contributed by atoms with E-state index in [1.807, 2.05) is 19.1 Å². The first kappa shape index (κ1) is 13.9. The number of carbonyl (C=O) groups is 1. The van der Waals surface area contributed by atoms with Gasteiger partial charge in [-0.3, -0.25) is 4.79 Å². The molecule has 4 heteroatoms. The maximum absolute atomic E-state index is 11.9. The minimum Gasteiger partial charge on any atom is -0.399 e. The molecule has 4 nitrogen and oxygen atoms in total. The quantitative estimate of drug-likeness (QED) is 0.820. The van der Waals surface area contributed by atoms with Gasteiger partial charge < -0.3 is 15.8 Å². The molecule has 0 saturated carbocycles. The van der Waals surface area contributed by atoms with Gasteiger partial charge in [-0.05, 0) is 50.3 Å². The van der Waals surface area contributed by atoms with Gasteiger partial charge in [0.05, 0.1) is 6.10 Å². The second kappa shape index (κ2) is 6.57. The molecular formula is C15H22N2O2. The monoisotopic (exact) mass is 262 g/mol. The highest BCUT2D eigenvalue weighted by Gasteiger charge is 2.15. The Hall–Kier alpha value is -1.55. The third-order valence-corrected chi connectivity index (χ3v) is 3.50. The first-order chi connectivity index (χ1) is 9.15. The number of aryl methyl sites for hydroxylation is 1. The first-order valence-electron chi connectivity index (χ1n) is 6.93. The van der Waals surface area contributed by atoms with Crippen LogP contribution in [0.4, 0.5) is 11.4 Å². The first-order valence-corrected chi connectivity index (χ1v) is 6.93. The molecule has 1 aliphatic rings. The van der Waals surface area contributed by atoms with E-state index in [1.165, 1.54) is 6.42 Å². The number of anilines is 2. The van der Waals surface area contributed by atoms with Crippen molar-refractivity contribution in [2.45, 2.75) is 45.1 Å². The molecule has 1 heterocycles. The van der Waals surface area contributed by atoms with E-state index in [2.05, 4.69) is 5.32 Å². The van der Waals surface area contributed by atoms with Crippen molar-refractivity contribution in [2.24, 2.45) is 0 Å². The largest absolute Gasteiger partial charge is 0.399 e. The number of benzene rings is 1. The standard InChI is InChI=1S/C15H22N2O2/c1-11-5-6-12(16)10-14(11)17-15(18)8-7-13-4-2-3-9-19-13/h5-6,10,13H,2-4,7-9,16H2,1H3,(H,17,18). The Morgan fingerprint density at radius 3 is 3.05 bits per heavy atom. The van der Waals surface area contributed by atoms with E-state index in [0.717, 1.165) is 37.1 Å². The van der Waals surface area contributed by atoms with Crippen molar-refractivity contribution >= 4 is 17.3 Å². The minimum atomic E-state index is 0.0304. The molecule has 0 radical (unpaired) electrons. The molecule has 1 unspecified atom stereocenters. The van der Waals surface area contributed by atoms with Crippen LogP contribution in [0.5, 0.6) is 0 Å². The lowest BCUT2D eigenvalue weighted by atomic mass is 10.0. The molecule has 1 aromatic carbocycles. The summed E-state index contributed by atoms with van der Waals surface area (Å²) in [4.78, 5) is 11.9. The molecule has 1 aromatic rings. The van der Waals surface area contributed by atoms with E-state index in [1.54, 1.807) is 6.07 Å². The maximum Gasteiger partial charge on any atom is 0.224 e. The Kier molecular flexibility index (Phi) is 4.80. The average Bonchev–Trinajstić information content (AvgIpc) is 2.42. The number of rotatable bonds is 4. The summed E-state index contributed by atoms with van der Waals surface area (Å²) >= 11 is 0. The number of ether oxygens (including phenoxy) is 1. The van der Waals surface area contributed by atoms with Gasteiger partial charge in [-0.1, -0.05) is 6.07 Å². The van der Waals surface area contributed by atoms with E-state index in [0.29, 0.717) is 12.1 Å². The van der Waals surface area contributed by atoms with E-state index in [-0.39, 0.29) is 12.0 Å². The highest BCUT2D eigenvalue weighted by atomic mass is 16.5. The molecule has 0 bridgehead atoms. The van der Waals surface area contributed by atoms with Crippen LogP contribution >= 0.6 is 0 Å². The Labute approximate surface area is 114 Å². The van der Waals surface area contributed by atoms with Gasteiger partial charge >= 0.3 is 0 Å². The van der Waals surface area contributed by atoms with Crippen molar-refractivity contribution in [1.82, 2.24) is 0 Å². The molecule has 104 valence electrons. The van der Waals surface area contributed by atoms with Gasteiger partial charge in [0.25, 0.3) is 0 Å². The molecule has 1 atom stereocenters. The minimum absolute atomic E-state index is 0.0304. The Bertz CT molecular complexity index is 440. The summed E-state index contributed by atoms with van der Waals surface area (Å²) in [6.07, 6.45) is 4.98. The summed E-state index contributed by atoms with van der Waals surface area (Å²) in [6.45, 7) is 2.79. The summed E-state index contributed by atoms with van der Waals surface area (Å²) in [5, 5.41) is 2.92. The van der Waals surface area contributed by atoms with Gasteiger partial charge in [0.2, 0.25) is 5.91 Å².